The number of rotatable bonds is 3. The predicted molar refractivity (Wildman–Crippen MR) is 96.2 cm³/mol. The molecular weight excluding hydrogens is 511 g/mol. The lowest BCUT2D eigenvalue weighted by Gasteiger charge is -2.13. The lowest BCUT2D eigenvalue weighted by molar-refractivity contribution is 0.601. The van der Waals surface area contributed by atoms with Crippen molar-refractivity contribution in [1.82, 2.24) is 0 Å². The molecule has 9 heteroatoms. The SMILES string of the molecule is Nc1cc(Br)cc(Br)c1S(=O)(=O)Nc1ccc(Br)c(Cl)c1. The van der Waals surface area contributed by atoms with Crippen LogP contribution in [0.4, 0.5) is 11.4 Å². The molecule has 0 spiro atoms. The number of anilines is 2. The molecule has 21 heavy (non-hydrogen) atoms. The van der Waals surface area contributed by atoms with E-state index in [4.69, 9.17) is 17.3 Å². The van der Waals surface area contributed by atoms with Gasteiger partial charge in [-0.2, -0.15) is 0 Å². The third-order valence-corrected chi connectivity index (χ3v) is 6.55. The number of hydrogen-bond donors (Lipinski definition) is 2. The number of nitrogens with two attached hydrogens (primary N) is 1. The van der Waals surface area contributed by atoms with Gasteiger partial charge in [0, 0.05) is 13.4 Å². The molecule has 0 saturated heterocycles. The summed E-state index contributed by atoms with van der Waals surface area (Å²) in [5, 5.41) is 0.401. The minimum atomic E-state index is -3.84. The van der Waals surface area contributed by atoms with Gasteiger partial charge in [0.15, 0.2) is 0 Å². The first-order chi connectivity index (χ1) is 9.70. The summed E-state index contributed by atoms with van der Waals surface area (Å²) in [6.45, 7) is 0. The Labute approximate surface area is 152 Å². The highest BCUT2D eigenvalue weighted by atomic mass is 79.9. The van der Waals surface area contributed by atoms with E-state index in [9.17, 15) is 8.42 Å². The highest BCUT2D eigenvalue weighted by molar-refractivity contribution is 9.11. The molecule has 0 aliphatic heterocycles. The minimum Gasteiger partial charge on any atom is -0.398 e. The molecule has 0 aliphatic carbocycles. The van der Waals surface area contributed by atoms with Crippen molar-refractivity contribution >= 4 is 80.8 Å². The van der Waals surface area contributed by atoms with Gasteiger partial charge in [0.1, 0.15) is 4.90 Å². The van der Waals surface area contributed by atoms with E-state index in [0.717, 1.165) is 0 Å². The van der Waals surface area contributed by atoms with Crippen molar-refractivity contribution in [2.24, 2.45) is 0 Å². The molecule has 0 heterocycles. The average molecular weight is 519 g/mol. The minimum absolute atomic E-state index is 0.0234. The van der Waals surface area contributed by atoms with Crippen LogP contribution < -0.4 is 10.5 Å². The summed E-state index contributed by atoms with van der Waals surface area (Å²) in [5.74, 6) is 0. The first kappa shape index (κ1) is 17.1. The molecule has 2 aromatic rings. The Balaban J connectivity index is 2.46. The zero-order valence-electron chi connectivity index (χ0n) is 10.2. The maximum atomic E-state index is 12.5. The van der Waals surface area contributed by atoms with Crippen LogP contribution in [0, 0.1) is 0 Å². The van der Waals surface area contributed by atoms with E-state index in [1.807, 2.05) is 0 Å². The lowest BCUT2D eigenvalue weighted by atomic mass is 10.3. The molecule has 3 N–H and O–H groups in total. The van der Waals surface area contributed by atoms with E-state index in [1.165, 1.54) is 12.1 Å². The van der Waals surface area contributed by atoms with E-state index in [0.29, 0.717) is 24.1 Å². The molecule has 0 aromatic heterocycles. The smallest absolute Gasteiger partial charge is 0.265 e. The molecule has 0 saturated carbocycles. The Hall–Kier alpha value is -0.280. The van der Waals surface area contributed by atoms with Gasteiger partial charge in [-0.1, -0.05) is 27.5 Å². The lowest BCUT2D eigenvalue weighted by Crippen LogP contribution is -2.15. The van der Waals surface area contributed by atoms with Gasteiger partial charge in [-0.3, -0.25) is 4.72 Å². The van der Waals surface area contributed by atoms with Crippen LogP contribution in [-0.2, 0) is 10.0 Å². The van der Waals surface area contributed by atoms with Crippen LogP contribution in [0.3, 0.4) is 0 Å². The number of nitrogens with one attached hydrogen (secondary N) is 1. The van der Waals surface area contributed by atoms with Crippen molar-refractivity contribution in [3.63, 3.8) is 0 Å². The topological polar surface area (TPSA) is 72.2 Å². The van der Waals surface area contributed by atoms with Gasteiger partial charge in [-0.25, -0.2) is 8.42 Å². The molecule has 0 amide bonds. The predicted octanol–water partition coefficient (Wildman–Crippen LogP) is 5.01. The van der Waals surface area contributed by atoms with Crippen LogP contribution in [0.1, 0.15) is 0 Å². The monoisotopic (exact) mass is 516 g/mol. The summed E-state index contributed by atoms with van der Waals surface area (Å²) < 4.78 is 29.1. The summed E-state index contributed by atoms with van der Waals surface area (Å²) in [7, 11) is -3.84. The molecule has 0 bridgehead atoms. The van der Waals surface area contributed by atoms with Crippen LogP contribution >= 0.6 is 59.4 Å². The number of nitrogen functional groups attached to an aromatic ring is 1. The zero-order chi connectivity index (χ0) is 15.8. The van der Waals surface area contributed by atoms with Gasteiger partial charge in [0.2, 0.25) is 0 Å². The highest BCUT2D eigenvalue weighted by Gasteiger charge is 2.22. The van der Waals surface area contributed by atoms with Crippen molar-refractivity contribution in [1.29, 1.82) is 0 Å². The summed E-state index contributed by atoms with van der Waals surface area (Å²) in [6, 6.07) is 7.89. The fourth-order valence-electron chi connectivity index (χ4n) is 1.63. The molecule has 2 aromatic carbocycles. The summed E-state index contributed by atoms with van der Waals surface area (Å²) in [4.78, 5) is -0.0234. The largest absolute Gasteiger partial charge is 0.398 e. The Kier molecular flexibility index (Phi) is 5.25. The third-order valence-electron chi connectivity index (χ3n) is 2.48. The van der Waals surface area contributed by atoms with Crippen molar-refractivity contribution < 1.29 is 8.42 Å². The Morgan fingerprint density at radius 2 is 1.71 bits per heavy atom. The van der Waals surface area contributed by atoms with Gasteiger partial charge in [-0.05, 0) is 62.2 Å². The third kappa shape index (κ3) is 3.92. The quantitative estimate of drug-likeness (QED) is 0.561. The standard InChI is InChI=1S/C12H8Br3ClN2O2S/c13-6-3-9(15)12(11(17)4-6)21(19,20)18-7-1-2-8(14)10(16)5-7/h1-5,18H,17H2. The second-order valence-electron chi connectivity index (χ2n) is 4.04. The summed E-state index contributed by atoms with van der Waals surface area (Å²) in [6.07, 6.45) is 0. The summed E-state index contributed by atoms with van der Waals surface area (Å²) in [5.41, 5.74) is 6.28. The Morgan fingerprint density at radius 3 is 2.29 bits per heavy atom. The molecule has 2 rings (SSSR count). The molecule has 0 unspecified atom stereocenters. The van der Waals surface area contributed by atoms with Crippen molar-refractivity contribution in [2.45, 2.75) is 4.90 Å². The van der Waals surface area contributed by atoms with Crippen LogP contribution in [0.15, 0.2) is 48.6 Å². The molecule has 0 atom stereocenters. The van der Waals surface area contributed by atoms with E-state index < -0.39 is 10.0 Å². The van der Waals surface area contributed by atoms with E-state index in [1.54, 1.807) is 18.2 Å². The summed E-state index contributed by atoms with van der Waals surface area (Å²) >= 11 is 15.7. The second-order valence-corrected chi connectivity index (χ2v) is 8.69. The van der Waals surface area contributed by atoms with Crippen molar-refractivity contribution in [2.75, 3.05) is 10.5 Å². The Bertz CT molecular complexity index is 789. The number of hydrogen-bond acceptors (Lipinski definition) is 3. The first-order valence-electron chi connectivity index (χ1n) is 5.43. The molecule has 112 valence electrons. The van der Waals surface area contributed by atoms with Crippen LogP contribution in [-0.4, -0.2) is 8.42 Å². The number of halogens is 4. The number of sulfonamides is 1. The maximum Gasteiger partial charge on any atom is 0.265 e. The fourth-order valence-corrected chi connectivity index (χ4v) is 5.18. The van der Waals surface area contributed by atoms with Crippen LogP contribution in [0.25, 0.3) is 0 Å². The normalized spacial score (nSPS) is 11.4. The van der Waals surface area contributed by atoms with Crippen molar-refractivity contribution in [3.8, 4) is 0 Å². The van der Waals surface area contributed by atoms with Gasteiger partial charge >= 0.3 is 0 Å². The molecular formula is C12H8Br3ClN2O2S. The van der Waals surface area contributed by atoms with Gasteiger partial charge < -0.3 is 5.73 Å². The zero-order valence-corrected chi connectivity index (χ0v) is 16.5. The van der Waals surface area contributed by atoms with E-state index >= 15 is 0 Å². The van der Waals surface area contributed by atoms with Gasteiger partial charge in [0.05, 0.1) is 16.4 Å². The fraction of sp³-hybridized carbons (Fsp3) is 0. The number of benzene rings is 2. The van der Waals surface area contributed by atoms with Gasteiger partial charge in [0.25, 0.3) is 10.0 Å². The van der Waals surface area contributed by atoms with Crippen LogP contribution in [0.2, 0.25) is 5.02 Å². The van der Waals surface area contributed by atoms with Crippen molar-refractivity contribution in [3.05, 3.63) is 48.8 Å². The molecule has 0 aliphatic rings. The van der Waals surface area contributed by atoms with Crippen LogP contribution in [0.5, 0.6) is 0 Å². The average Bonchev–Trinajstić information content (AvgIpc) is 2.31. The highest BCUT2D eigenvalue weighted by Crippen LogP contribution is 2.33. The molecule has 0 radical (unpaired) electrons. The van der Waals surface area contributed by atoms with E-state index in [-0.39, 0.29) is 10.6 Å². The van der Waals surface area contributed by atoms with E-state index in [2.05, 4.69) is 52.5 Å². The second kappa shape index (κ2) is 6.45. The first-order valence-corrected chi connectivity index (χ1v) is 9.67. The Morgan fingerprint density at radius 1 is 1.05 bits per heavy atom. The molecule has 4 nitrogen and oxygen atoms in total. The maximum absolute atomic E-state index is 12.5. The molecule has 0 fully saturated rings. The van der Waals surface area contributed by atoms with Gasteiger partial charge in [-0.15, -0.1) is 0 Å².